The Balaban J connectivity index is 1.93. The van der Waals surface area contributed by atoms with Crippen LogP contribution in [0.5, 0.6) is 5.75 Å². The lowest BCUT2D eigenvalue weighted by Gasteiger charge is -2.14. The van der Waals surface area contributed by atoms with Gasteiger partial charge in [0.05, 0.1) is 12.5 Å². The van der Waals surface area contributed by atoms with Gasteiger partial charge in [0.25, 0.3) is 0 Å². The van der Waals surface area contributed by atoms with E-state index < -0.39 is 0 Å². The molecule has 0 aliphatic heterocycles. The first kappa shape index (κ1) is 21.0. The van der Waals surface area contributed by atoms with Crippen LogP contribution in [0.4, 0.5) is 5.69 Å². The minimum atomic E-state index is -0.222. The van der Waals surface area contributed by atoms with E-state index in [1.165, 1.54) is 5.56 Å². The number of nitrogens with one attached hydrogen (secondary N) is 1. The van der Waals surface area contributed by atoms with Crippen LogP contribution in [0.2, 0.25) is 0 Å². The molecule has 1 atom stereocenters. The van der Waals surface area contributed by atoms with E-state index in [0.29, 0.717) is 25.7 Å². The average molecular weight is 370 g/mol. The molecule has 0 saturated carbocycles. The molecule has 0 spiro atoms. The van der Waals surface area contributed by atoms with Gasteiger partial charge in [0.1, 0.15) is 12.4 Å². The molecule has 1 N–H and O–H groups in total. The second kappa shape index (κ2) is 10.7. The summed E-state index contributed by atoms with van der Waals surface area (Å²) in [7, 11) is 0. The van der Waals surface area contributed by atoms with E-state index in [0.717, 1.165) is 23.4 Å². The number of anilines is 1. The molecule has 0 aliphatic carbocycles. The van der Waals surface area contributed by atoms with Crippen molar-refractivity contribution in [1.29, 1.82) is 0 Å². The largest absolute Gasteiger partial charge is 0.491 e. The number of rotatable bonds is 10. The fourth-order valence-corrected chi connectivity index (χ4v) is 2.84. The molecule has 2 aromatic rings. The summed E-state index contributed by atoms with van der Waals surface area (Å²) in [5, 5.41) is 2.98. The monoisotopic (exact) mass is 369 g/mol. The highest BCUT2D eigenvalue weighted by molar-refractivity contribution is 5.95. The van der Waals surface area contributed by atoms with E-state index in [4.69, 9.17) is 9.47 Å². The van der Waals surface area contributed by atoms with Crippen molar-refractivity contribution in [2.24, 2.45) is 5.92 Å². The smallest absolute Gasteiger partial charge is 0.231 e. The quantitative estimate of drug-likeness (QED) is 0.597. The van der Waals surface area contributed by atoms with Crippen molar-refractivity contribution in [2.75, 3.05) is 25.1 Å². The van der Waals surface area contributed by atoms with Gasteiger partial charge >= 0.3 is 0 Å². The Hall–Kier alpha value is -2.33. The third kappa shape index (κ3) is 7.06. The zero-order valence-electron chi connectivity index (χ0n) is 16.8. The van der Waals surface area contributed by atoms with Crippen LogP contribution in [0.1, 0.15) is 44.7 Å². The fraction of sp³-hybridized carbons (Fsp3) is 0.435. The van der Waals surface area contributed by atoms with Gasteiger partial charge in [-0.05, 0) is 49.4 Å². The van der Waals surface area contributed by atoms with E-state index in [-0.39, 0.29) is 11.8 Å². The molecule has 4 heteroatoms. The molecule has 0 heterocycles. The second-order valence-corrected chi connectivity index (χ2v) is 7.12. The van der Waals surface area contributed by atoms with E-state index in [1.54, 1.807) is 0 Å². The van der Waals surface area contributed by atoms with Crippen LogP contribution in [-0.4, -0.2) is 25.7 Å². The Bertz CT molecular complexity index is 710. The SMILES string of the molecule is CCOCCOc1cccc(NC(=O)C(C)c2ccc(CC(C)C)cc2)c1. The van der Waals surface area contributed by atoms with Crippen LogP contribution in [0.3, 0.4) is 0 Å². The number of amides is 1. The summed E-state index contributed by atoms with van der Waals surface area (Å²) in [4.78, 5) is 12.6. The van der Waals surface area contributed by atoms with E-state index in [2.05, 4.69) is 43.4 Å². The van der Waals surface area contributed by atoms with Crippen LogP contribution in [0.25, 0.3) is 0 Å². The van der Waals surface area contributed by atoms with Crippen molar-refractivity contribution in [3.05, 3.63) is 59.7 Å². The Morgan fingerprint density at radius 3 is 2.44 bits per heavy atom. The van der Waals surface area contributed by atoms with Crippen LogP contribution in [-0.2, 0) is 16.0 Å². The van der Waals surface area contributed by atoms with Gasteiger partial charge in [0.15, 0.2) is 0 Å². The molecule has 1 amide bonds. The molecule has 27 heavy (non-hydrogen) atoms. The van der Waals surface area contributed by atoms with Crippen molar-refractivity contribution >= 4 is 11.6 Å². The Morgan fingerprint density at radius 2 is 1.78 bits per heavy atom. The van der Waals surface area contributed by atoms with E-state index in [9.17, 15) is 4.79 Å². The summed E-state index contributed by atoms with van der Waals surface area (Å²) in [6.45, 7) is 10.0. The Labute approximate surface area is 162 Å². The van der Waals surface area contributed by atoms with Crippen molar-refractivity contribution in [3.63, 3.8) is 0 Å². The van der Waals surface area contributed by atoms with Gasteiger partial charge in [0, 0.05) is 18.4 Å². The van der Waals surface area contributed by atoms with E-state index in [1.807, 2.05) is 38.1 Å². The average Bonchev–Trinajstić information content (AvgIpc) is 2.65. The standard InChI is InChI=1S/C23H31NO3/c1-5-26-13-14-27-22-8-6-7-21(16-22)24-23(25)18(4)20-11-9-19(10-12-20)15-17(2)3/h6-12,16-18H,5,13-15H2,1-4H3,(H,24,25). The number of carbonyl (C=O) groups is 1. The third-order valence-electron chi connectivity index (χ3n) is 4.32. The zero-order valence-corrected chi connectivity index (χ0v) is 16.8. The summed E-state index contributed by atoms with van der Waals surface area (Å²) in [6, 6.07) is 15.8. The number of carbonyl (C=O) groups excluding carboxylic acids is 1. The fourth-order valence-electron chi connectivity index (χ4n) is 2.84. The highest BCUT2D eigenvalue weighted by atomic mass is 16.5. The molecule has 4 nitrogen and oxygen atoms in total. The molecule has 0 aromatic heterocycles. The van der Waals surface area contributed by atoms with Crippen LogP contribution in [0.15, 0.2) is 48.5 Å². The molecular formula is C23H31NO3. The topological polar surface area (TPSA) is 47.6 Å². The van der Waals surface area contributed by atoms with Crippen molar-refractivity contribution in [2.45, 2.75) is 40.0 Å². The summed E-state index contributed by atoms with van der Waals surface area (Å²) in [5.74, 6) is 1.09. The van der Waals surface area contributed by atoms with Gasteiger partial charge in [-0.1, -0.05) is 44.2 Å². The summed E-state index contributed by atoms with van der Waals surface area (Å²) >= 11 is 0. The summed E-state index contributed by atoms with van der Waals surface area (Å²) in [5.41, 5.74) is 3.06. The van der Waals surface area contributed by atoms with Crippen molar-refractivity contribution in [1.82, 2.24) is 0 Å². The number of benzene rings is 2. The predicted molar refractivity (Wildman–Crippen MR) is 110 cm³/mol. The molecule has 2 rings (SSSR count). The molecule has 0 bridgehead atoms. The normalized spacial score (nSPS) is 12.0. The molecule has 0 aliphatic rings. The molecular weight excluding hydrogens is 338 g/mol. The Morgan fingerprint density at radius 1 is 1.04 bits per heavy atom. The lowest BCUT2D eigenvalue weighted by atomic mass is 9.96. The predicted octanol–water partition coefficient (Wildman–Crippen LogP) is 5.04. The lowest BCUT2D eigenvalue weighted by Crippen LogP contribution is -2.19. The second-order valence-electron chi connectivity index (χ2n) is 7.12. The molecule has 0 radical (unpaired) electrons. The molecule has 2 aromatic carbocycles. The molecule has 1 unspecified atom stereocenters. The van der Waals surface area contributed by atoms with Crippen LogP contribution >= 0.6 is 0 Å². The third-order valence-corrected chi connectivity index (χ3v) is 4.32. The first-order chi connectivity index (χ1) is 13.0. The van der Waals surface area contributed by atoms with Crippen LogP contribution in [0, 0.1) is 5.92 Å². The highest BCUT2D eigenvalue weighted by Gasteiger charge is 2.15. The maximum atomic E-state index is 12.6. The molecule has 146 valence electrons. The Kier molecular flexibility index (Phi) is 8.34. The van der Waals surface area contributed by atoms with Gasteiger partial charge in [-0.3, -0.25) is 4.79 Å². The lowest BCUT2D eigenvalue weighted by molar-refractivity contribution is -0.117. The highest BCUT2D eigenvalue weighted by Crippen LogP contribution is 2.22. The summed E-state index contributed by atoms with van der Waals surface area (Å²) < 4.78 is 10.9. The van der Waals surface area contributed by atoms with E-state index >= 15 is 0 Å². The first-order valence-electron chi connectivity index (χ1n) is 9.70. The minimum Gasteiger partial charge on any atom is -0.491 e. The summed E-state index contributed by atoms with van der Waals surface area (Å²) in [6.07, 6.45) is 1.05. The molecule has 0 fully saturated rings. The van der Waals surface area contributed by atoms with Gasteiger partial charge in [-0.2, -0.15) is 0 Å². The van der Waals surface area contributed by atoms with Gasteiger partial charge in [-0.25, -0.2) is 0 Å². The van der Waals surface area contributed by atoms with Gasteiger partial charge in [-0.15, -0.1) is 0 Å². The zero-order chi connectivity index (χ0) is 19.6. The van der Waals surface area contributed by atoms with Gasteiger partial charge in [0.2, 0.25) is 5.91 Å². The number of hydrogen-bond acceptors (Lipinski definition) is 3. The van der Waals surface area contributed by atoms with Crippen molar-refractivity contribution < 1.29 is 14.3 Å². The van der Waals surface area contributed by atoms with Crippen molar-refractivity contribution in [3.8, 4) is 5.75 Å². The van der Waals surface area contributed by atoms with Gasteiger partial charge < -0.3 is 14.8 Å². The first-order valence-corrected chi connectivity index (χ1v) is 9.70. The minimum absolute atomic E-state index is 0.0296. The maximum absolute atomic E-state index is 12.6. The molecule has 0 saturated heterocycles. The number of ether oxygens (including phenoxy) is 2. The number of hydrogen-bond donors (Lipinski definition) is 1. The van der Waals surface area contributed by atoms with Crippen LogP contribution < -0.4 is 10.1 Å². The maximum Gasteiger partial charge on any atom is 0.231 e.